The molecule has 0 N–H and O–H groups in total. The van der Waals surface area contributed by atoms with Crippen LogP contribution in [-0.4, -0.2) is 16.8 Å². The maximum atomic E-state index is 5.80. The highest BCUT2D eigenvalue weighted by atomic mass is 35.5. The standard InChI is InChI=1S/C11H16Cl2N2O/c1-2-3-4-5-6-7-16-9-8-10(12)14-15-11(9)13/h8H,2-7H2,1H3. The largest absolute Gasteiger partial charge is 0.490 e. The number of ether oxygens (including phenoxy) is 1. The van der Waals surface area contributed by atoms with Gasteiger partial charge in [0.2, 0.25) is 0 Å². The summed E-state index contributed by atoms with van der Waals surface area (Å²) < 4.78 is 5.48. The molecule has 0 amide bonds. The predicted octanol–water partition coefficient (Wildman–Crippen LogP) is 4.13. The van der Waals surface area contributed by atoms with Crippen LogP contribution in [0.4, 0.5) is 0 Å². The van der Waals surface area contributed by atoms with E-state index in [-0.39, 0.29) is 5.15 Å². The number of hydrogen-bond acceptors (Lipinski definition) is 3. The Kier molecular flexibility index (Phi) is 6.50. The van der Waals surface area contributed by atoms with Gasteiger partial charge in [-0.3, -0.25) is 0 Å². The third-order valence-electron chi connectivity index (χ3n) is 2.19. The maximum absolute atomic E-state index is 5.80. The molecular formula is C11H16Cl2N2O. The number of rotatable bonds is 7. The lowest BCUT2D eigenvalue weighted by Gasteiger charge is -2.06. The molecule has 0 fully saturated rings. The summed E-state index contributed by atoms with van der Waals surface area (Å²) >= 11 is 11.5. The minimum absolute atomic E-state index is 0.262. The number of hydrogen-bond donors (Lipinski definition) is 0. The minimum atomic E-state index is 0.262. The molecule has 0 atom stereocenters. The zero-order chi connectivity index (χ0) is 11.8. The summed E-state index contributed by atoms with van der Waals surface area (Å²) in [4.78, 5) is 0. The molecule has 0 spiro atoms. The summed E-state index contributed by atoms with van der Waals surface area (Å²) in [6.07, 6.45) is 5.98. The van der Waals surface area contributed by atoms with Crippen molar-refractivity contribution >= 4 is 23.2 Å². The highest BCUT2D eigenvalue weighted by molar-refractivity contribution is 6.32. The van der Waals surface area contributed by atoms with E-state index in [0.717, 1.165) is 6.42 Å². The number of halogens is 2. The van der Waals surface area contributed by atoms with Crippen molar-refractivity contribution in [3.05, 3.63) is 16.4 Å². The molecule has 3 nitrogen and oxygen atoms in total. The molecule has 1 heterocycles. The predicted molar refractivity (Wildman–Crippen MR) is 66.3 cm³/mol. The van der Waals surface area contributed by atoms with Crippen molar-refractivity contribution in [2.45, 2.75) is 39.0 Å². The second-order valence-corrected chi connectivity index (χ2v) is 4.33. The second kappa shape index (κ2) is 7.69. The lowest BCUT2D eigenvalue weighted by atomic mass is 10.2. The Balaban J connectivity index is 2.23. The Labute approximate surface area is 106 Å². The quantitative estimate of drug-likeness (QED) is 0.693. The fourth-order valence-corrected chi connectivity index (χ4v) is 1.61. The van der Waals surface area contributed by atoms with Crippen LogP contribution in [0.15, 0.2) is 6.07 Å². The fourth-order valence-electron chi connectivity index (χ4n) is 1.33. The van der Waals surface area contributed by atoms with Crippen LogP contribution in [0.1, 0.15) is 39.0 Å². The maximum Gasteiger partial charge on any atom is 0.193 e. The Morgan fingerprint density at radius 2 is 1.88 bits per heavy atom. The molecule has 90 valence electrons. The van der Waals surface area contributed by atoms with Gasteiger partial charge >= 0.3 is 0 Å². The fraction of sp³-hybridized carbons (Fsp3) is 0.636. The summed E-state index contributed by atoms with van der Waals surface area (Å²) in [5.41, 5.74) is 0. The molecule has 0 saturated carbocycles. The minimum Gasteiger partial charge on any atom is -0.490 e. The van der Waals surface area contributed by atoms with Crippen LogP contribution in [0.25, 0.3) is 0 Å². The van der Waals surface area contributed by atoms with Gasteiger partial charge in [0.05, 0.1) is 6.61 Å². The van der Waals surface area contributed by atoms with Crippen molar-refractivity contribution in [2.24, 2.45) is 0 Å². The first kappa shape index (κ1) is 13.5. The van der Waals surface area contributed by atoms with Gasteiger partial charge in [0, 0.05) is 6.07 Å². The van der Waals surface area contributed by atoms with E-state index >= 15 is 0 Å². The van der Waals surface area contributed by atoms with Crippen LogP contribution < -0.4 is 4.74 Å². The molecule has 5 heteroatoms. The highest BCUT2D eigenvalue weighted by Crippen LogP contribution is 2.23. The zero-order valence-electron chi connectivity index (χ0n) is 9.38. The van der Waals surface area contributed by atoms with E-state index in [2.05, 4.69) is 17.1 Å². The average molecular weight is 263 g/mol. The first-order valence-electron chi connectivity index (χ1n) is 5.55. The van der Waals surface area contributed by atoms with Crippen molar-refractivity contribution in [1.29, 1.82) is 0 Å². The topological polar surface area (TPSA) is 35.0 Å². The van der Waals surface area contributed by atoms with Gasteiger partial charge in [0.25, 0.3) is 0 Å². The molecule has 16 heavy (non-hydrogen) atoms. The lowest BCUT2D eigenvalue weighted by Crippen LogP contribution is -1.99. The third kappa shape index (κ3) is 4.99. The summed E-state index contributed by atoms with van der Waals surface area (Å²) in [6.45, 7) is 2.84. The van der Waals surface area contributed by atoms with E-state index in [1.807, 2.05) is 0 Å². The molecular weight excluding hydrogens is 247 g/mol. The molecule has 0 unspecified atom stereocenters. The second-order valence-electron chi connectivity index (χ2n) is 3.58. The van der Waals surface area contributed by atoms with Crippen LogP contribution in [0.3, 0.4) is 0 Å². The zero-order valence-corrected chi connectivity index (χ0v) is 10.9. The van der Waals surface area contributed by atoms with Gasteiger partial charge in [-0.2, -0.15) is 0 Å². The Morgan fingerprint density at radius 3 is 2.62 bits per heavy atom. The number of aromatic nitrogens is 2. The molecule has 1 rings (SSSR count). The molecule has 0 radical (unpaired) electrons. The van der Waals surface area contributed by atoms with E-state index in [4.69, 9.17) is 27.9 Å². The van der Waals surface area contributed by atoms with Crippen LogP contribution >= 0.6 is 23.2 Å². The normalized spacial score (nSPS) is 10.4. The van der Waals surface area contributed by atoms with E-state index in [0.29, 0.717) is 17.5 Å². The first-order chi connectivity index (χ1) is 7.74. The molecule has 0 bridgehead atoms. The lowest BCUT2D eigenvalue weighted by molar-refractivity contribution is 0.303. The summed E-state index contributed by atoms with van der Waals surface area (Å²) in [5.74, 6) is 0.511. The third-order valence-corrected chi connectivity index (χ3v) is 2.64. The van der Waals surface area contributed by atoms with Gasteiger partial charge in [-0.15, -0.1) is 10.2 Å². The highest BCUT2D eigenvalue weighted by Gasteiger charge is 2.04. The van der Waals surface area contributed by atoms with Gasteiger partial charge in [-0.25, -0.2) is 0 Å². The van der Waals surface area contributed by atoms with Gasteiger partial charge < -0.3 is 4.74 Å². The Morgan fingerprint density at radius 1 is 1.12 bits per heavy atom. The van der Waals surface area contributed by atoms with Crippen LogP contribution in [0.2, 0.25) is 10.3 Å². The molecule has 0 aromatic carbocycles. The van der Waals surface area contributed by atoms with E-state index in [9.17, 15) is 0 Å². The molecule has 1 aromatic rings. The van der Waals surface area contributed by atoms with E-state index in [1.54, 1.807) is 6.07 Å². The SMILES string of the molecule is CCCCCCCOc1cc(Cl)nnc1Cl. The van der Waals surface area contributed by atoms with Gasteiger partial charge in [0.15, 0.2) is 16.1 Å². The summed E-state index contributed by atoms with van der Waals surface area (Å²) in [7, 11) is 0. The van der Waals surface area contributed by atoms with E-state index < -0.39 is 0 Å². The number of unbranched alkanes of at least 4 members (excludes halogenated alkanes) is 4. The van der Waals surface area contributed by atoms with Crippen molar-refractivity contribution < 1.29 is 4.74 Å². The monoisotopic (exact) mass is 262 g/mol. The van der Waals surface area contributed by atoms with Crippen LogP contribution in [0, 0.1) is 0 Å². The Bertz CT molecular complexity index is 321. The average Bonchev–Trinajstić information content (AvgIpc) is 2.28. The molecule has 1 aromatic heterocycles. The van der Waals surface area contributed by atoms with Gasteiger partial charge in [0.1, 0.15) is 0 Å². The van der Waals surface area contributed by atoms with Crippen LogP contribution in [0.5, 0.6) is 5.75 Å². The molecule has 0 saturated heterocycles. The van der Waals surface area contributed by atoms with Gasteiger partial charge in [-0.05, 0) is 6.42 Å². The van der Waals surface area contributed by atoms with Crippen molar-refractivity contribution in [1.82, 2.24) is 10.2 Å². The van der Waals surface area contributed by atoms with Crippen LogP contribution in [-0.2, 0) is 0 Å². The van der Waals surface area contributed by atoms with Crippen molar-refractivity contribution in [3.63, 3.8) is 0 Å². The first-order valence-corrected chi connectivity index (χ1v) is 6.31. The van der Waals surface area contributed by atoms with E-state index in [1.165, 1.54) is 25.7 Å². The molecule has 0 aliphatic heterocycles. The molecule has 0 aliphatic carbocycles. The van der Waals surface area contributed by atoms with Gasteiger partial charge in [-0.1, -0.05) is 55.8 Å². The molecule has 0 aliphatic rings. The van der Waals surface area contributed by atoms with Crippen molar-refractivity contribution in [3.8, 4) is 5.75 Å². The Hall–Kier alpha value is -0.540. The van der Waals surface area contributed by atoms with Crippen molar-refractivity contribution in [2.75, 3.05) is 6.61 Å². The smallest absolute Gasteiger partial charge is 0.193 e. The number of nitrogens with zero attached hydrogens (tertiary/aromatic N) is 2. The summed E-state index contributed by atoms with van der Waals surface area (Å²) in [6, 6.07) is 1.59. The summed E-state index contributed by atoms with van der Waals surface area (Å²) in [5, 5.41) is 7.84.